The molecule has 1 aromatic rings. The molecule has 0 radical (unpaired) electrons. The third-order valence-electron chi connectivity index (χ3n) is 2.10. The molecule has 0 saturated carbocycles. The summed E-state index contributed by atoms with van der Waals surface area (Å²) in [6.45, 7) is 1.87. The van der Waals surface area contributed by atoms with Crippen molar-refractivity contribution in [2.75, 3.05) is 5.88 Å². The van der Waals surface area contributed by atoms with Gasteiger partial charge in [-0.2, -0.15) is 0 Å². The van der Waals surface area contributed by atoms with Crippen LogP contribution in [0.1, 0.15) is 23.7 Å². The monoisotopic (exact) mass is 307 g/mol. The largest absolute Gasteiger partial charge is 0.350 e. The quantitative estimate of drug-likeness (QED) is 0.849. The molecule has 5 heteroatoms. The number of nitrogens with one attached hydrogen (secondary N) is 1. The number of rotatable bonds is 4. The van der Waals surface area contributed by atoms with E-state index in [9.17, 15) is 9.18 Å². The lowest BCUT2D eigenvalue weighted by atomic mass is 10.2. The van der Waals surface area contributed by atoms with E-state index in [0.717, 1.165) is 0 Å². The second-order valence-electron chi connectivity index (χ2n) is 3.48. The number of benzene rings is 1. The van der Waals surface area contributed by atoms with Crippen molar-refractivity contribution in [3.8, 4) is 0 Å². The number of carbonyl (C=O) groups excluding carboxylic acids is 1. The van der Waals surface area contributed by atoms with Crippen LogP contribution in [-0.4, -0.2) is 17.8 Å². The Labute approximate surface area is 107 Å². The van der Waals surface area contributed by atoms with E-state index in [0.29, 0.717) is 22.3 Å². The van der Waals surface area contributed by atoms with Gasteiger partial charge in [-0.15, -0.1) is 11.6 Å². The Morgan fingerprint density at radius 1 is 1.62 bits per heavy atom. The molecular formula is C11H12BrClFNO. The number of hydrogen-bond acceptors (Lipinski definition) is 1. The Balaban J connectivity index is 2.73. The van der Waals surface area contributed by atoms with Gasteiger partial charge in [-0.05, 0) is 47.5 Å². The van der Waals surface area contributed by atoms with Gasteiger partial charge in [0.1, 0.15) is 5.82 Å². The lowest BCUT2D eigenvalue weighted by Crippen LogP contribution is -2.33. The van der Waals surface area contributed by atoms with Gasteiger partial charge in [0.15, 0.2) is 0 Å². The highest BCUT2D eigenvalue weighted by Gasteiger charge is 2.12. The highest BCUT2D eigenvalue weighted by molar-refractivity contribution is 9.10. The van der Waals surface area contributed by atoms with Crippen LogP contribution in [0.3, 0.4) is 0 Å². The third-order valence-corrected chi connectivity index (χ3v) is 2.97. The van der Waals surface area contributed by atoms with Gasteiger partial charge >= 0.3 is 0 Å². The van der Waals surface area contributed by atoms with Crippen molar-refractivity contribution in [2.45, 2.75) is 19.4 Å². The Hall–Kier alpha value is -0.610. The van der Waals surface area contributed by atoms with Crippen molar-refractivity contribution >= 4 is 33.4 Å². The molecule has 1 unspecified atom stereocenters. The summed E-state index contributed by atoms with van der Waals surface area (Å²) < 4.78 is 13.3. The second kappa shape index (κ2) is 6.21. The van der Waals surface area contributed by atoms with Crippen LogP contribution in [-0.2, 0) is 0 Å². The lowest BCUT2D eigenvalue weighted by Gasteiger charge is -2.13. The van der Waals surface area contributed by atoms with Crippen molar-refractivity contribution in [1.82, 2.24) is 5.32 Å². The molecule has 2 nitrogen and oxygen atoms in total. The van der Waals surface area contributed by atoms with Crippen LogP contribution in [0.4, 0.5) is 4.39 Å². The topological polar surface area (TPSA) is 29.1 Å². The number of alkyl halides is 1. The number of amides is 1. The molecule has 0 saturated heterocycles. The standard InChI is InChI=1S/C11H12BrClFNO/c1-7(4-5-13)15-11(16)9-3-2-8(14)6-10(9)12/h2-3,6-7H,4-5H2,1H3,(H,15,16). The van der Waals surface area contributed by atoms with E-state index >= 15 is 0 Å². The molecule has 1 aromatic carbocycles. The van der Waals surface area contributed by atoms with Gasteiger partial charge in [0.05, 0.1) is 5.56 Å². The summed E-state index contributed by atoms with van der Waals surface area (Å²) in [5.74, 6) is -0.117. The first-order chi connectivity index (χ1) is 7.54. The first kappa shape index (κ1) is 13.5. The van der Waals surface area contributed by atoms with Crippen LogP contribution >= 0.6 is 27.5 Å². The van der Waals surface area contributed by atoms with Crippen LogP contribution in [0.15, 0.2) is 22.7 Å². The predicted octanol–water partition coefficient (Wildman–Crippen LogP) is 3.34. The first-order valence-electron chi connectivity index (χ1n) is 4.86. The molecule has 1 amide bonds. The summed E-state index contributed by atoms with van der Waals surface area (Å²) in [7, 11) is 0. The van der Waals surface area contributed by atoms with Gasteiger partial charge in [0.2, 0.25) is 0 Å². The van der Waals surface area contributed by atoms with Crippen LogP contribution in [0, 0.1) is 5.82 Å². The fourth-order valence-electron chi connectivity index (χ4n) is 1.21. The smallest absolute Gasteiger partial charge is 0.252 e. The number of halogens is 3. The molecule has 0 aliphatic heterocycles. The molecule has 0 aliphatic rings. The van der Waals surface area contributed by atoms with E-state index in [1.54, 1.807) is 0 Å². The van der Waals surface area contributed by atoms with Crippen molar-refractivity contribution in [3.05, 3.63) is 34.1 Å². The average molecular weight is 309 g/mol. The molecule has 1 rings (SSSR count). The predicted molar refractivity (Wildman–Crippen MR) is 66.4 cm³/mol. The minimum atomic E-state index is -0.378. The summed E-state index contributed by atoms with van der Waals surface area (Å²) in [5, 5.41) is 2.78. The number of hydrogen-bond donors (Lipinski definition) is 1. The molecule has 0 bridgehead atoms. The molecular weight excluding hydrogens is 296 g/mol. The van der Waals surface area contributed by atoms with Gasteiger partial charge in [-0.3, -0.25) is 4.79 Å². The minimum absolute atomic E-state index is 0.00181. The zero-order valence-corrected chi connectivity index (χ0v) is 11.1. The normalized spacial score (nSPS) is 12.2. The maximum absolute atomic E-state index is 12.8. The molecule has 0 aromatic heterocycles. The van der Waals surface area contributed by atoms with Crippen molar-refractivity contribution in [1.29, 1.82) is 0 Å². The van der Waals surface area contributed by atoms with Gasteiger partial charge in [0, 0.05) is 16.4 Å². The van der Waals surface area contributed by atoms with E-state index in [4.69, 9.17) is 11.6 Å². The fraction of sp³-hybridized carbons (Fsp3) is 0.364. The molecule has 0 spiro atoms. The van der Waals surface area contributed by atoms with Crippen LogP contribution in [0.2, 0.25) is 0 Å². The van der Waals surface area contributed by atoms with Gasteiger partial charge in [-0.1, -0.05) is 0 Å². The van der Waals surface area contributed by atoms with E-state index in [1.807, 2.05) is 6.92 Å². The Morgan fingerprint density at radius 2 is 2.31 bits per heavy atom. The Morgan fingerprint density at radius 3 is 2.88 bits per heavy atom. The minimum Gasteiger partial charge on any atom is -0.350 e. The molecule has 88 valence electrons. The summed E-state index contributed by atoms with van der Waals surface area (Å²) in [5.41, 5.74) is 0.419. The summed E-state index contributed by atoms with van der Waals surface area (Å²) in [6.07, 6.45) is 0.701. The maximum Gasteiger partial charge on any atom is 0.252 e. The van der Waals surface area contributed by atoms with E-state index < -0.39 is 0 Å². The molecule has 1 atom stereocenters. The van der Waals surface area contributed by atoms with Crippen LogP contribution in [0.25, 0.3) is 0 Å². The van der Waals surface area contributed by atoms with Gasteiger partial charge in [0.25, 0.3) is 5.91 Å². The first-order valence-corrected chi connectivity index (χ1v) is 6.19. The van der Waals surface area contributed by atoms with Crippen molar-refractivity contribution in [3.63, 3.8) is 0 Å². The highest BCUT2D eigenvalue weighted by Crippen LogP contribution is 2.18. The highest BCUT2D eigenvalue weighted by atomic mass is 79.9. The van der Waals surface area contributed by atoms with Crippen molar-refractivity contribution < 1.29 is 9.18 Å². The molecule has 0 heterocycles. The number of carbonyl (C=O) groups is 1. The Kier molecular flexibility index (Phi) is 5.22. The average Bonchev–Trinajstić information content (AvgIpc) is 2.17. The third kappa shape index (κ3) is 3.76. The second-order valence-corrected chi connectivity index (χ2v) is 4.71. The Bertz CT molecular complexity index is 386. The lowest BCUT2D eigenvalue weighted by molar-refractivity contribution is 0.0938. The fourth-order valence-corrected chi connectivity index (χ4v) is 2.07. The maximum atomic E-state index is 12.8. The van der Waals surface area contributed by atoms with Crippen molar-refractivity contribution in [2.24, 2.45) is 0 Å². The van der Waals surface area contributed by atoms with E-state index in [1.165, 1.54) is 18.2 Å². The zero-order chi connectivity index (χ0) is 12.1. The summed E-state index contributed by atoms with van der Waals surface area (Å²) >= 11 is 8.72. The summed E-state index contributed by atoms with van der Waals surface area (Å²) in [4.78, 5) is 11.8. The van der Waals surface area contributed by atoms with Crippen LogP contribution in [0.5, 0.6) is 0 Å². The molecule has 16 heavy (non-hydrogen) atoms. The van der Waals surface area contributed by atoms with Crippen LogP contribution < -0.4 is 5.32 Å². The van der Waals surface area contributed by atoms with E-state index in [2.05, 4.69) is 21.2 Å². The molecule has 1 N–H and O–H groups in total. The summed E-state index contributed by atoms with van der Waals surface area (Å²) in [6, 6.07) is 3.97. The zero-order valence-electron chi connectivity index (χ0n) is 8.77. The SMILES string of the molecule is CC(CCCl)NC(=O)c1ccc(F)cc1Br. The van der Waals surface area contributed by atoms with Gasteiger partial charge in [-0.25, -0.2) is 4.39 Å². The molecule has 0 aliphatic carbocycles. The molecule has 0 fully saturated rings. The van der Waals surface area contributed by atoms with E-state index in [-0.39, 0.29) is 17.8 Å². The van der Waals surface area contributed by atoms with Gasteiger partial charge < -0.3 is 5.32 Å².